The third kappa shape index (κ3) is 7.00. The van der Waals surface area contributed by atoms with Gasteiger partial charge in [-0.2, -0.15) is 0 Å². The van der Waals surface area contributed by atoms with Gasteiger partial charge in [0.25, 0.3) is 0 Å². The van der Waals surface area contributed by atoms with Gasteiger partial charge < -0.3 is 0 Å². The molecule has 0 aromatic carbocycles. The fraction of sp³-hybridized carbons (Fsp3) is 1.00. The Kier molecular flexibility index (Phi) is 9.21. The number of hydrogen-bond donors (Lipinski definition) is 0. The average molecular weight is 206 g/mol. The van der Waals surface area contributed by atoms with Crippen molar-refractivity contribution < 1.29 is 19.5 Å². The van der Waals surface area contributed by atoms with E-state index in [9.17, 15) is 0 Å². The van der Waals surface area contributed by atoms with Crippen molar-refractivity contribution >= 4 is 0 Å². The maximum absolute atomic E-state index is 1.50. The SMILES string of the molecule is C1CCCC1.C1CCCC1.[Zn]. The van der Waals surface area contributed by atoms with E-state index in [0.717, 1.165) is 0 Å². The van der Waals surface area contributed by atoms with Crippen LogP contribution in [0.1, 0.15) is 64.2 Å². The van der Waals surface area contributed by atoms with Gasteiger partial charge in [0.05, 0.1) is 0 Å². The normalized spacial score (nSPS) is 21.8. The first-order chi connectivity index (χ1) is 5.00. The zero-order valence-corrected chi connectivity index (χ0v) is 10.7. The first-order valence-electron chi connectivity index (χ1n) is 5.00. The predicted octanol–water partition coefficient (Wildman–Crippen LogP) is 3.90. The molecule has 0 atom stereocenters. The van der Waals surface area contributed by atoms with E-state index < -0.39 is 0 Å². The molecule has 1 heteroatoms. The van der Waals surface area contributed by atoms with Gasteiger partial charge in [-0.1, -0.05) is 64.2 Å². The predicted molar refractivity (Wildman–Crippen MR) is 46.2 cm³/mol. The fourth-order valence-electron chi connectivity index (χ4n) is 1.77. The molecule has 2 aliphatic carbocycles. The summed E-state index contributed by atoms with van der Waals surface area (Å²) in [6, 6.07) is 0. The van der Waals surface area contributed by atoms with Crippen molar-refractivity contribution in [2.45, 2.75) is 64.2 Å². The molecular weight excluding hydrogens is 185 g/mol. The number of hydrogen-bond acceptors (Lipinski definition) is 0. The van der Waals surface area contributed by atoms with E-state index >= 15 is 0 Å². The van der Waals surface area contributed by atoms with Crippen LogP contribution in [0.25, 0.3) is 0 Å². The molecule has 0 N–H and O–H groups in total. The Morgan fingerprint density at radius 2 is 0.364 bits per heavy atom. The quantitative estimate of drug-likeness (QED) is 0.527. The maximum Gasteiger partial charge on any atom is 0 e. The minimum absolute atomic E-state index is 0. The standard InChI is InChI=1S/2C5H10.Zn/c2*1-2-4-5-3-1;/h2*1-5H2;. The van der Waals surface area contributed by atoms with Gasteiger partial charge in [-0.25, -0.2) is 0 Å². The molecule has 0 unspecified atom stereocenters. The molecule has 2 saturated carbocycles. The van der Waals surface area contributed by atoms with Crippen molar-refractivity contribution in [3.8, 4) is 0 Å². The average Bonchev–Trinajstić information content (AvgIpc) is 2.67. The molecule has 0 aliphatic heterocycles. The molecule has 62 valence electrons. The Morgan fingerprint density at radius 3 is 0.455 bits per heavy atom. The summed E-state index contributed by atoms with van der Waals surface area (Å²) in [6.07, 6.45) is 15.0. The van der Waals surface area contributed by atoms with Gasteiger partial charge in [-0.3, -0.25) is 0 Å². The molecule has 0 heterocycles. The molecule has 0 nitrogen and oxygen atoms in total. The van der Waals surface area contributed by atoms with Crippen LogP contribution in [0.15, 0.2) is 0 Å². The van der Waals surface area contributed by atoms with E-state index in [2.05, 4.69) is 0 Å². The molecule has 0 spiro atoms. The Morgan fingerprint density at radius 1 is 0.273 bits per heavy atom. The number of rotatable bonds is 0. The Bertz CT molecular complexity index is 38.1. The fourth-order valence-corrected chi connectivity index (χ4v) is 1.77. The molecule has 2 fully saturated rings. The minimum atomic E-state index is 0. The molecule has 0 aromatic rings. The Labute approximate surface area is 83.9 Å². The summed E-state index contributed by atoms with van der Waals surface area (Å²) < 4.78 is 0. The summed E-state index contributed by atoms with van der Waals surface area (Å²) in [7, 11) is 0. The molecule has 0 aromatic heterocycles. The van der Waals surface area contributed by atoms with Gasteiger partial charge in [-0.05, 0) is 0 Å². The molecule has 0 bridgehead atoms. The summed E-state index contributed by atoms with van der Waals surface area (Å²) in [6.45, 7) is 0. The molecule has 0 amide bonds. The van der Waals surface area contributed by atoms with Gasteiger partial charge in [0, 0.05) is 19.5 Å². The minimum Gasteiger partial charge on any atom is -0.0533 e. The summed E-state index contributed by atoms with van der Waals surface area (Å²) in [5.41, 5.74) is 0. The van der Waals surface area contributed by atoms with Crippen LogP contribution in [0, 0.1) is 0 Å². The second-order valence-corrected chi connectivity index (χ2v) is 3.54. The van der Waals surface area contributed by atoms with Gasteiger partial charge in [0.15, 0.2) is 0 Å². The molecule has 2 rings (SSSR count). The van der Waals surface area contributed by atoms with E-state index in [1.54, 1.807) is 0 Å². The van der Waals surface area contributed by atoms with Crippen molar-refractivity contribution in [2.24, 2.45) is 0 Å². The van der Waals surface area contributed by atoms with Crippen LogP contribution in [-0.2, 0) is 19.5 Å². The zero-order chi connectivity index (χ0) is 7.07. The van der Waals surface area contributed by atoms with Crippen molar-refractivity contribution in [3.05, 3.63) is 0 Å². The Hall–Kier alpha value is 0.623. The summed E-state index contributed by atoms with van der Waals surface area (Å²) >= 11 is 0. The van der Waals surface area contributed by atoms with Crippen LogP contribution in [0.2, 0.25) is 0 Å². The van der Waals surface area contributed by atoms with Crippen molar-refractivity contribution in [2.75, 3.05) is 0 Å². The van der Waals surface area contributed by atoms with Crippen LogP contribution in [0.4, 0.5) is 0 Å². The monoisotopic (exact) mass is 204 g/mol. The van der Waals surface area contributed by atoms with Gasteiger partial charge in [-0.15, -0.1) is 0 Å². The van der Waals surface area contributed by atoms with Crippen LogP contribution < -0.4 is 0 Å². The summed E-state index contributed by atoms with van der Waals surface area (Å²) in [5.74, 6) is 0. The summed E-state index contributed by atoms with van der Waals surface area (Å²) in [5, 5.41) is 0. The third-order valence-corrected chi connectivity index (χ3v) is 2.50. The smallest absolute Gasteiger partial charge is 0 e. The van der Waals surface area contributed by atoms with Crippen LogP contribution in [0.3, 0.4) is 0 Å². The van der Waals surface area contributed by atoms with Crippen LogP contribution in [0.5, 0.6) is 0 Å². The van der Waals surface area contributed by atoms with Gasteiger partial charge in [0.2, 0.25) is 0 Å². The molecule has 2 aliphatic rings. The summed E-state index contributed by atoms with van der Waals surface area (Å²) in [4.78, 5) is 0. The van der Waals surface area contributed by atoms with Crippen LogP contribution in [-0.4, -0.2) is 0 Å². The maximum atomic E-state index is 1.50. The van der Waals surface area contributed by atoms with Crippen LogP contribution >= 0.6 is 0 Å². The second-order valence-electron chi connectivity index (χ2n) is 3.54. The van der Waals surface area contributed by atoms with Gasteiger partial charge in [0.1, 0.15) is 0 Å². The van der Waals surface area contributed by atoms with E-state index in [0.29, 0.717) is 0 Å². The molecule has 0 radical (unpaired) electrons. The largest absolute Gasteiger partial charge is 0.0533 e. The van der Waals surface area contributed by atoms with E-state index in [1.165, 1.54) is 64.2 Å². The van der Waals surface area contributed by atoms with Gasteiger partial charge >= 0.3 is 0 Å². The van der Waals surface area contributed by atoms with E-state index in [4.69, 9.17) is 0 Å². The Balaban J connectivity index is 0.000000167. The van der Waals surface area contributed by atoms with Crippen molar-refractivity contribution in [1.29, 1.82) is 0 Å². The van der Waals surface area contributed by atoms with E-state index in [-0.39, 0.29) is 19.5 Å². The second kappa shape index (κ2) is 8.72. The molecule has 0 saturated heterocycles. The topological polar surface area (TPSA) is 0 Å². The van der Waals surface area contributed by atoms with Crippen molar-refractivity contribution in [3.63, 3.8) is 0 Å². The van der Waals surface area contributed by atoms with Crippen molar-refractivity contribution in [1.82, 2.24) is 0 Å². The van der Waals surface area contributed by atoms with E-state index in [1.807, 2.05) is 0 Å². The first kappa shape index (κ1) is 11.6. The molecule has 11 heavy (non-hydrogen) atoms. The first-order valence-corrected chi connectivity index (χ1v) is 5.00. The molecular formula is C10H20Zn. The third-order valence-electron chi connectivity index (χ3n) is 2.50. The zero-order valence-electron chi connectivity index (χ0n) is 7.78.